The molecule has 7 nitrogen and oxygen atoms in total. The van der Waals surface area contributed by atoms with Crippen LogP contribution >= 0.6 is 11.6 Å². The van der Waals surface area contributed by atoms with Crippen LogP contribution in [0, 0.1) is 6.92 Å². The van der Waals surface area contributed by atoms with Crippen molar-refractivity contribution in [2.75, 3.05) is 10.5 Å². The van der Waals surface area contributed by atoms with E-state index in [4.69, 9.17) is 21.8 Å². The van der Waals surface area contributed by atoms with Crippen molar-refractivity contribution in [2.45, 2.75) is 11.8 Å². The predicted octanol–water partition coefficient (Wildman–Crippen LogP) is 1.41. The van der Waals surface area contributed by atoms with Gasteiger partial charge in [0.05, 0.1) is 15.6 Å². The Labute approximate surface area is 108 Å². The zero-order valence-electron chi connectivity index (χ0n) is 9.21. The van der Waals surface area contributed by atoms with Crippen molar-refractivity contribution in [3.63, 3.8) is 0 Å². The molecule has 0 radical (unpaired) electrons. The number of nitrogens with one attached hydrogen (secondary N) is 1. The number of nitrogens with two attached hydrogens (primary N) is 1. The average Bonchev–Trinajstić information content (AvgIpc) is 2.67. The highest BCUT2D eigenvalue weighted by Gasteiger charge is 2.18. The molecule has 0 spiro atoms. The van der Waals surface area contributed by atoms with Crippen LogP contribution in [-0.4, -0.2) is 18.6 Å². The van der Waals surface area contributed by atoms with Gasteiger partial charge in [-0.3, -0.25) is 0 Å². The van der Waals surface area contributed by atoms with Crippen molar-refractivity contribution in [3.05, 3.63) is 29.1 Å². The third-order valence-corrected chi connectivity index (χ3v) is 3.69. The van der Waals surface area contributed by atoms with Gasteiger partial charge in [-0.05, 0) is 18.2 Å². The molecule has 0 atom stereocenters. The average molecular weight is 289 g/mol. The first-order valence-corrected chi connectivity index (χ1v) is 6.62. The van der Waals surface area contributed by atoms with Gasteiger partial charge in [-0.1, -0.05) is 16.7 Å². The zero-order chi connectivity index (χ0) is 13.3. The summed E-state index contributed by atoms with van der Waals surface area (Å²) in [4.78, 5) is -0.0414. The molecule has 1 heterocycles. The van der Waals surface area contributed by atoms with E-state index >= 15 is 0 Å². The number of aryl methyl sites for hydroxylation is 1. The highest BCUT2D eigenvalue weighted by atomic mass is 35.5. The van der Waals surface area contributed by atoms with E-state index in [9.17, 15) is 8.42 Å². The third-order valence-electron chi connectivity index (χ3n) is 2.03. The third kappa shape index (κ3) is 2.54. The van der Waals surface area contributed by atoms with E-state index in [0.29, 0.717) is 0 Å². The number of hydrogen-bond donors (Lipinski definition) is 2. The molecule has 3 N–H and O–H groups in total. The lowest BCUT2D eigenvalue weighted by Gasteiger charge is -2.05. The molecule has 0 saturated carbocycles. The number of anilines is 2. The van der Waals surface area contributed by atoms with E-state index in [1.54, 1.807) is 6.92 Å². The monoisotopic (exact) mass is 288 g/mol. The molecule has 0 saturated heterocycles. The lowest BCUT2D eigenvalue weighted by Crippen LogP contribution is -2.13. The van der Waals surface area contributed by atoms with Gasteiger partial charge in [-0.2, -0.15) is 0 Å². The van der Waals surface area contributed by atoms with Crippen molar-refractivity contribution in [2.24, 2.45) is 0 Å². The summed E-state index contributed by atoms with van der Waals surface area (Å²) in [7, 11) is -3.82. The number of hydrogen-bond acceptors (Lipinski definition) is 6. The van der Waals surface area contributed by atoms with E-state index < -0.39 is 10.0 Å². The molecule has 1 aromatic carbocycles. The summed E-state index contributed by atoms with van der Waals surface area (Å²) in [5.74, 6) is 0.253. The Balaban J connectivity index is 2.33. The summed E-state index contributed by atoms with van der Waals surface area (Å²) >= 11 is 5.71. The van der Waals surface area contributed by atoms with Crippen LogP contribution in [0.15, 0.2) is 27.5 Å². The van der Waals surface area contributed by atoms with Crippen molar-refractivity contribution >= 4 is 33.3 Å². The Morgan fingerprint density at radius 3 is 2.67 bits per heavy atom. The van der Waals surface area contributed by atoms with Gasteiger partial charge in [0, 0.05) is 6.92 Å². The minimum Gasteiger partial charge on any atom is -0.408 e. The molecule has 0 aliphatic carbocycles. The maximum Gasteiger partial charge on any atom is 0.329 e. The summed E-state index contributed by atoms with van der Waals surface area (Å²) < 4.78 is 30.9. The topological polar surface area (TPSA) is 111 Å². The molecule has 18 heavy (non-hydrogen) atoms. The smallest absolute Gasteiger partial charge is 0.329 e. The minimum atomic E-state index is -3.82. The van der Waals surface area contributed by atoms with Crippen LogP contribution in [0.3, 0.4) is 0 Å². The number of nitrogen functional groups attached to an aromatic ring is 1. The van der Waals surface area contributed by atoms with Crippen LogP contribution in [0.5, 0.6) is 0 Å². The van der Waals surface area contributed by atoms with Gasteiger partial charge >= 0.3 is 6.01 Å². The molecule has 0 unspecified atom stereocenters. The summed E-state index contributed by atoms with van der Waals surface area (Å²) in [6, 6.07) is 3.75. The van der Waals surface area contributed by atoms with Crippen molar-refractivity contribution in [3.8, 4) is 0 Å². The fourth-order valence-electron chi connectivity index (χ4n) is 1.20. The van der Waals surface area contributed by atoms with E-state index in [-0.39, 0.29) is 27.5 Å². The van der Waals surface area contributed by atoms with Crippen LogP contribution < -0.4 is 10.5 Å². The quantitative estimate of drug-likeness (QED) is 0.826. The van der Waals surface area contributed by atoms with Crippen LogP contribution in [0.4, 0.5) is 11.7 Å². The van der Waals surface area contributed by atoms with Crippen LogP contribution in [0.2, 0.25) is 5.02 Å². The first-order valence-electron chi connectivity index (χ1n) is 4.76. The number of halogens is 1. The molecule has 0 amide bonds. The van der Waals surface area contributed by atoms with Crippen molar-refractivity contribution in [1.82, 2.24) is 10.2 Å². The van der Waals surface area contributed by atoms with Crippen molar-refractivity contribution in [1.29, 1.82) is 0 Å². The Bertz CT molecular complexity index is 683. The summed E-state index contributed by atoms with van der Waals surface area (Å²) in [6.07, 6.45) is 0. The fourth-order valence-corrected chi connectivity index (χ4v) is 2.28. The Morgan fingerprint density at radius 2 is 2.11 bits per heavy atom. The minimum absolute atomic E-state index is 0.0414. The molecule has 2 aromatic rings. The molecule has 0 bridgehead atoms. The van der Waals surface area contributed by atoms with Gasteiger partial charge in [-0.15, -0.1) is 5.10 Å². The summed E-state index contributed by atoms with van der Waals surface area (Å²) in [5.41, 5.74) is 5.71. The number of rotatable bonds is 3. The number of sulfonamides is 1. The standard InChI is InChI=1S/C9H9ClN4O3S/c1-5-12-13-9(17-5)14-18(15,16)6-2-3-7(10)8(11)4-6/h2-4H,11H2,1H3,(H,13,14). The Hall–Kier alpha value is -1.80. The van der Waals surface area contributed by atoms with Gasteiger partial charge in [0.1, 0.15) is 0 Å². The SMILES string of the molecule is Cc1nnc(NS(=O)(=O)c2ccc(Cl)c(N)c2)o1. The lowest BCUT2D eigenvalue weighted by atomic mass is 10.3. The highest BCUT2D eigenvalue weighted by molar-refractivity contribution is 7.92. The van der Waals surface area contributed by atoms with E-state index in [2.05, 4.69) is 14.9 Å². The second-order valence-corrected chi connectivity index (χ2v) is 5.50. The van der Waals surface area contributed by atoms with Gasteiger partial charge < -0.3 is 10.2 Å². The fraction of sp³-hybridized carbons (Fsp3) is 0.111. The van der Waals surface area contributed by atoms with E-state index in [1.807, 2.05) is 0 Å². The molecule has 0 aliphatic rings. The number of benzene rings is 1. The normalized spacial score (nSPS) is 11.4. The lowest BCUT2D eigenvalue weighted by molar-refractivity contribution is 0.534. The molecule has 0 fully saturated rings. The first kappa shape index (κ1) is 12.7. The van der Waals surface area contributed by atoms with Crippen molar-refractivity contribution < 1.29 is 12.8 Å². The molecule has 2 rings (SSSR count). The predicted molar refractivity (Wildman–Crippen MR) is 65.7 cm³/mol. The molecule has 0 aliphatic heterocycles. The summed E-state index contributed by atoms with van der Waals surface area (Å²) in [6.45, 7) is 1.55. The molecule has 1 aromatic heterocycles. The second kappa shape index (κ2) is 4.46. The summed E-state index contributed by atoms with van der Waals surface area (Å²) in [5, 5.41) is 7.32. The highest BCUT2D eigenvalue weighted by Crippen LogP contribution is 2.23. The van der Waals surface area contributed by atoms with E-state index in [1.165, 1.54) is 18.2 Å². The number of nitrogens with zero attached hydrogens (tertiary/aromatic N) is 2. The largest absolute Gasteiger partial charge is 0.408 e. The van der Waals surface area contributed by atoms with E-state index in [0.717, 1.165) is 0 Å². The molecule has 96 valence electrons. The zero-order valence-corrected chi connectivity index (χ0v) is 10.8. The molecule has 9 heteroatoms. The maximum atomic E-state index is 11.9. The first-order chi connectivity index (χ1) is 8.38. The second-order valence-electron chi connectivity index (χ2n) is 3.42. The van der Waals surface area contributed by atoms with Gasteiger partial charge in [0.15, 0.2) is 0 Å². The Morgan fingerprint density at radius 1 is 1.39 bits per heavy atom. The van der Waals surface area contributed by atoms with Crippen LogP contribution in [-0.2, 0) is 10.0 Å². The number of aromatic nitrogens is 2. The molecular formula is C9H9ClN4O3S. The van der Waals surface area contributed by atoms with Gasteiger partial charge in [-0.25, -0.2) is 13.1 Å². The van der Waals surface area contributed by atoms with Crippen LogP contribution in [0.1, 0.15) is 5.89 Å². The Kier molecular flexibility index (Phi) is 3.14. The van der Waals surface area contributed by atoms with Gasteiger partial charge in [0.2, 0.25) is 5.89 Å². The van der Waals surface area contributed by atoms with Crippen LogP contribution in [0.25, 0.3) is 0 Å². The molecular weight excluding hydrogens is 280 g/mol. The maximum absolute atomic E-state index is 11.9. The van der Waals surface area contributed by atoms with Gasteiger partial charge in [0.25, 0.3) is 10.0 Å².